The lowest BCUT2D eigenvalue weighted by Gasteiger charge is -2.38. The van der Waals surface area contributed by atoms with Crippen molar-refractivity contribution >= 4 is 11.9 Å². The van der Waals surface area contributed by atoms with Crippen LogP contribution in [0.5, 0.6) is 0 Å². The van der Waals surface area contributed by atoms with E-state index in [0.29, 0.717) is 6.42 Å². The van der Waals surface area contributed by atoms with Gasteiger partial charge in [0, 0.05) is 24.4 Å². The molecule has 0 saturated carbocycles. The van der Waals surface area contributed by atoms with Gasteiger partial charge in [0.15, 0.2) is 0 Å². The average Bonchev–Trinajstić information content (AvgIpc) is 2.46. The van der Waals surface area contributed by atoms with E-state index in [-0.39, 0.29) is 5.41 Å². The van der Waals surface area contributed by atoms with Crippen molar-refractivity contribution < 1.29 is 0 Å². The highest BCUT2D eigenvalue weighted by Gasteiger charge is 2.29. The molecule has 0 amide bonds. The summed E-state index contributed by atoms with van der Waals surface area (Å²) in [5.74, 6) is 1.02. The van der Waals surface area contributed by atoms with Crippen LogP contribution in [0.1, 0.15) is 33.1 Å². The summed E-state index contributed by atoms with van der Waals surface area (Å²) in [6, 6.07) is 2.32. The summed E-state index contributed by atoms with van der Waals surface area (Å²) < 4.78 is 3.26. The van der Waals surface area contributed by atoms with E-state index in [4.69, 9.17) is 5.26 Å². The molecule has 1 saturated heterocycles. The molecule has 0 spiro atoms. The largest absolute Gasteiger partial charge is 0.330 e. The van der Waals surface area contributed by atoms with Crippen molar-refractivity contribution in [3.05, 3.63) is 36.6 Å². The fraction of sp³-hybridized carbons (Fsp3) is 0.588. The lowest BCUT2D eigenvalue weighted by Crippen LogP contribution is -2.39. The number of hydrogen-bond donors (Lipinski definition) is 1. The van der Waals surface area contributed by atoms with Crippen molar-refractivity contribution in [2.24, 2.45) is 5.41 Å². The van der Waals surface area contributed by atoms with Crippen molar-refractivity contribution in [3.63, 3.8) is 0 Å². The molecule has 3 nitrogen and oxygen atoms in total. The van der Waals surface area contributed by atoms with Crippen LogP contribution in [0.3, 0.4) is 0 Å². The summed E-state index contributed by atoms with van der Waals surface area (Å²) in [5, 5.41) is 8.89. The lowest BCUT2D eigenvalue weighted by molar-refractivity contribution is 0.130. The highest BCUT2D eigenvalue weighted by molar-refractivity contribution is 7.97. The van der Waals surface area contributed by atoms with Gasteiger partial charge in [-0.15, -0.1) is 0 Å². The number of rotatable bonds is 8. The molecule has 1 aliphatic heterocycles. The molecule has 21 heavy (non-hydrogen) atoms. The molecule has 0 aromatic heterocycles. The molecular weight excluding hydrogens is 278 g/mol. The Hall–Kier alpha value is -1.18. The Kier molecular flexibility index (Phi) is 7.63. The van der Waals surface area contributed by atoms with Crippen LogP contribution in [-0.4, -0.2) is 30.3 Å². The third-order valence-electron chi connectivity index (χ3n) is 3.91. The maximum atomic E-state index is 8.89. The van der Waals surface area contributed by atoms with Gasteiger partial charge in [0.1, 0.15) is 0 Å². The van der Waals surface area contributed by atoms with E-state index in [0.717, 1.165) is 49.5 Å². The third-order valence-corrected chi connectivity index (χ3v) is 4.58. The van der Waals surface area contributed by atoms with Crippen LogP contribution in [0.15, 0.2) is 36.6 Å². The number of hydrogen-bond acceptors (Lipinski definition) is 4. The summed E-state index contributed by atoms with van der Waals surface area (Å²) in [6.45, 7) is 15.3. The fourth-order valence-corrected chi connectivity index (χ4v) is 2.91. The van der Waals surface area contributed by atoms with Crippen LogP contribution in [0.25, 0.3) is 0 Å². The third kappa shape index (κ3) is 6.41. The highest BCUT2D eigenvalue weighted by Crippen LogP contribution is 2.34. The summed E-state index contributed by atoms with van der Waals surface area (Å²) in [5.41, 5.74) is 2.31. The summed E-state index contributed by atoms with van der Waals surface area (Å²) in [6.07, 6.45) is 6.75. The second-order valence-electron chi connectivity index (χ2n) is 5.92. The van der Waals surface area contributed by atoms with E-state index >= 15 is 0 Å². The normalized spacial score (nSPS) is 18.8. The molecule has 0 bridgehead atoms. The molecule has 1 N–H and O–H groups in total. The van der Waals surface area contributed by atoms with Crippen LogP contribution in [-0.2, 0) is 0 Å². The van der Waals surface area contributed by atoms with Crippen LogP contribution >= 0.6 is 11.9 Å². The highest BCUT2D eigenvalue weighted by atomic mass is 32.2. The maximum Gasteiger partial charge on any atom is 0.0627 e. The first kappa shape index (κ1) is 17.9. The fourth-order valence-electron chi connectivity index (χ4n) is 2.46. The van der Waals surface area contributed by atoms with Gasteiger partial charge in [-0.25, -0.2) is 0 Å². The first-order valence-electron chi connectivity index (χ1n) is 7.52. The number of nitriles is 1. The number of piperidine rings is 1. The molecule has 1 rings (SSSR count). The van der Waals surface area contributed by atoms with E-state index < -0.39 is 0 Å². The maximum absolute atomic E-state index is 8.89. The van der Waals surface area contributed by atoms with E-state index in [1.165, 1.54) is 0 Å². The SMILES string of the molecule is C=C/C(=C\C(=C)CN1CCC(C)(CC#N)CC1)NSCC. The van der Waals surface area contributed by atoms with Gasteiger partial charge in [-0.3, -0.25) is 4.90 Å². The van der Waals surface area contributed by atoms with E-state index in [1.807, 2.05) is 6.08 Å². The van der Waals surface area contributed by atoms with Crippen LogP contribution in [0.2, 0.25) is 0 Å². The Morgan fingerprint density at radius 1 is 1.48 bits per heavy atom. The summed E-state index contributed by atoms with van der Waals surface area (Å²) in [4.78, 5) is 2.42. The topological polar surface area (TPSA) is 39.1 Å². The Morgan fingerprint density at radius 3 is 2.67 bits per heavy atom. The van der Waals surface area contributed by atoms with Crippen molar-refractivity contribution in [2.75, 3.05) is 25.4 Å². The van der Waals surface area contributed by atoms with Gasteiger partial charge in [-0.1, -0.05) is 39.0 Å². The Morgan fingerprint density at radius 2 is 2.14 bits per heavy atom. The van der Waals surface area contributed by atoms with E-state index in [2.05, 4.69) is 48.8 Å². The Labute approximate surface area is 133 Å². The number of likely N-dealkylation sites (tertiary alicyclic amines) is 1. The molecule has 4 heteroatoms. The lowest BCUT2D eigenvalue weighted by atomic mass is 9.78. The van der Waals surface area contributed by atoms with Crippen molar-refractivity contribution in [1.82, 2.24) is 9.62 Å². The number of nitrogens with zero attached hydrogens (tertiary/aromatic N) is 2. The Balaban J connectivity index is 2.44. The van der Waals surface area contributed by atoms with Crippen LogP contribution < -0.4 is 4.72 Å². The monoisotopic (exact) mass is 305 g/mol. The van der Waals surface area contributed by atoms with Gasteiger partial charge in [0.05, 0.1) is 6.07 Å². The predicted molar refractivity (Wildman–Crippen MR) is 92.7 cm³/mol. The second-order valence-corrected chi connectivity index (χ2v) is 6.99. The van der Waals surface area contributed by atoms with Gasteiger partial charge in [0.2, 0.25) is 0 Å². The van der Waals surface area contributed by atoms with Crippen LogP contribution in [0.4, 0.5) is 0 Å². The molecule has 0 aromatic carbocycles. The standard InChI is InChI=1S/C17H27N3S/c1-5-16(19-21-6-2)13-15(3)14-20-11-8-17(4,7-10-18)9-12-20/h5,13,19H,1,3,6-9,11-12,14H2,2,4H3/b16-13+. The molecule has 0 radical (unpaired) electrons. The van der Waals surface area contributed by atoms with Gasteiger partial charge in [-0.05, 0) is 49.1 Å². The predicted octanol–water partition coefficient (Wildman–Crippen LogP) is 3.89. The van der Waals surface area contributed by atoms with Crippen LogP contribution in [0, 0.1) is 16.7 Å². The molecule has 116 valence electrons. The molecular formula is C17H27N3S. The van der Waals surface area contributed by atoms with E-state index in [9.17, 15) is 0 Å². The van der Waals surface area contributed by atoms with Crippen molar-refractivity contribution in [2.45, 2.75) is 33.1 Å². The average molecular weight is 305 g/mol. The smallest absolute Gasteiger partial charge is 0.0627 e. The van der Waals surface area contributed by atoms with Gasteiger partial charge < -0.3 is 4.72 Å². The zero-order valence-corrected chi connectivity index (χ0v) is 14.1. The molecule has 0 unspecified atom stereocenters. The minimum Gasteiger partial charge on any atom is -0.330 e. The second kappa shape index (κ2) is 8.96. The Bertz CT molecular complexity index is 426. The summed E-state index contributed by atoms with van der Waals surface area (Å²) in [7, 11) is 0. The minimum absolute atomic E-state index is 0.202. The van der Waals surface area contributed by atoms with Crippen molar-refractivity contribution in [1.29, 1.82) is 5.26 Å². The van der Waals surface area contributed by atoms with E-state index in [1.54, 1.807) is 11.9 Å². The van der Waals surface area contributed by atoms with Crippen molar-refractivity contribution in [3.8, 4) is 6.07 Å². The van der Waals surface area contributed by atoms with Gasteiger partial charge >= 0.3 is 0 Å². The first-order chi connectivity index (χ1) is 10.0. The molecule has 1 fully saturated rings. The molecule has 0 atom stereocenters. The zero-order chi connectivity index (χ0) is 15.7. The van der Waals surface area contributed by atoms with Gasteiger partial charge in [-0.2, -0.15) is 5.26 Å². The van der Waals surface area contributed by atoms with Gasteiger partial charge in [0.25, 0.3) is 0 Å². The quantitative estimate of drug-likeness (QED) is 0.545. The number of allylic oxidation sites excluding steroid dienone is 1. The minimum atomic E-state index is 0.202. The number of nitrogens with one attached hydrogen (secondary N) is 1. The molecule has 1 heterocycles. The molecule has 0 aliphatic carbocycles. The molecule has 0 aromatic rings. The first-order valence-corrected chi connectivity index (χ1v) is 8.50. The zero-order valence-electron chi connectivity index (χ0n) is 13.3. The summed E-state index contributed by atoms with van der Waals surface area (Å²) >= 11 is 1.66. The molecule has 1 aliphatic rings.